The quantitative estimate of drug-likeness (QED) is 0.898. The maximum absolute atomic E-state index is 12.4. The molecule has 5 nitrogen and oxygen atoms in total. The monoisotopic (exact) mass is 290 g/mol. The van der Waals surface area contributed by atoms with E-state index in [-0.39, 0.29) is 5.89 Å². The van der Waals surface area contributed by atoms with Crippen LogP contribution in [0, 0.1) is 5.41 Å². The van der Waals surface area contributed by atoms with Crippen molar-refractivity contribution in [2.45, 2.75) is 32.0 Å². The lowest BCUT2D eigenvalue weighted by molar-refractivity contribution is -0.146. The van der Waals surface area contributed by atoms with Crippen LogP contribution in [0.1, 0.15) is 31.0 Å². The molecule has 0 aromatic carbocycles. The molecule has 2 fully saturated rings. The molecule has 2 aliphatic rings. The number of piperidine rings is 1. The summed E-state index contributed by atoms with van der Waals surface area (Å²) in [5, 5.41) is 6.32. The highest BCUT2D eigenvalue weighted by Gasteiger charge is 2.40. The van der Waals surface area contributed by atoms with Gasteiger partial charge in [-0.15, -0.1) is 0 Å². The normalized spacial score (nSPS) is 23.6. The van der Waals surface area contributed by atoms with Crippen molar-refractivity contribution in [2.75, 3.05) is 26.2 Å². The number of rotatable bonds is 2. The van der Waals surface area contributed by atoms with Gasteiger partial charge in [-0.25, -0.2) is 0 Å². The number of hydrogen-bond acceptors (Lipinski definition) is 5. The fraction of sp³-hybridized carbons (Fsp3) is 0.833. The minimum atomic E-state index is -4.54. The molecule has 0 aliphatic carbocycles. The van der Waals surface area contributed by atoms with Crippen LogP contribution in [-0.2, 0) is 12.7 Å². The van der Waals surface area contributed by atoms with Crippen LogP contribution in [0.5, 0.6) is 0 Å². The second-order valence-electron chi connectivity index (χ2n) is 5.72. The third-order valence-corrected chi connectivity index (χ3v) is 4.26. The largest absolute Gasteiger partial charge is 0.455 e. The first kappa shape index (κ1) is 13.8. The number of likely N-dealkylation sites (tertiary alicyclic amines) is 1. The van der Waals surface area contributed by atoms with Gasteiger partial charge >= 0.3 is 6.18 Å². The van der Waals surface area contributed by atoms with Gasteiger partial charge in [0.2, 0.25) is 5.89 Å². The summed E-state index contributed by atoms with van der Waals surface area (Å²) in [6.07, 6.45) is -1.19. The van der Waals surface area contributed by atoms with Gasteiger partial charge in [0.15, 0.2) is 0 Å². The van der Waals surface area contributed by atoms with Gasteiger partial charge < -0.3 is 9.84 Å². The fourth-order valence-electron chi connectivity index (χ4n) is 3.15. The van der Waals surface area contributed by atoms with Gasteiger partial charge in [-0.05, 0) is 44.3 Å². The van der Waals surface area contributed by atoms with E-state index in [1.165, 1.54) is 0 Å². The number of aromatic nitrogens is 2. The zero-order valence-electron chi connectivity index (χ0n) is 11.0. The summed E-state index contributed by atoms with van der Waals surface area (Å²) in [6.45, 7) is 4.12. The molecule has 8 heteroatoms. The second-order valence-corrected chi connectivity index (χ2v) is 5.72. The number of hydrogen-bond donors (Lipinski definition) is 1. The Morgan fingerprint density at radius 2 is 2.00 bits per heavy atom. The zero-order chi connectivity index (χ0) is 14.2. The Morgan fingerprint density at radius 1 is 1.25 bits per heavy atom. The number of halogens is 3. The Bertz CT molecular complexity index is 468. The minimum Gasteiger partial charge on any atom is -0.338 e. The molecule has 0 radical (unpaired) electrons. The topological polar surface area (TPSA) is 54.2 Å². The van der Waals surface area contributed by atoms with Gasteiger partial charge in [0.05, 0.1) is 6.54 Å². The summed E-state index contributed by atoms with van der Waals surface area (Å²) in [5.74, 6) is -1.15. The van der Waals surface area contributed by atoms with Crippen LogP contribution in [0.3, 0.4) is 0 Å². The lowest BCUT2D eigenvalue weighted by Crippen LogP contribution is -2.38. The van der Waals surface area contributed by atoms with E-state index in [2.05, 4.69) is 20.4 Å². The lowest BCUT2D eigenvalue weighted by Gasteiger charge is -2.33. The first-order valence-electron chi connectivity index (χ1n) is 6.80. The molecule has 3 heterocycles. The Hall–Kier alpha value is -1.15. The van der Waals surface area contributed by atoms with Crippen LogP contribution in [0.2, 0.25) is 0 Å². The number of nitrogens with zero attached hydrogens (tertiary/aromatic N) is 3. The molecular weight excluding hydrogens is 273 g/mol. The van der Waals surface area contributed by atoms with Gasteiger partial charge in [0.1, 0.15) is 0 Å². The molecule has 0 bridgehead atoms. The van der Waals surface area contributed by atoms with Gasteiger partial charge in [-0.1, -0.05) is 5.16 Å². The standard InChI is InChI=1S/C12H17F3N4O/c13-12(14,15)10-17-9(20-18-10)7-19-6-3-11(8-19)1-4-16-5-2-11/h16H,1-8H2. The van der Waals surface area contributed by atoms with E-state index in [1.807, 2.05) is 0 Å². The van der Waals surface area contributed by atoms with Crippen LogP contribution in [0.25, 0.3) is 0 Å². The Balaban J connectivity index is 1.60. The van der Waals surface area contributed by atoms with Crippen LogP contribution in [0.15, 0.2) is 4.52 Å². The highest BCUT2D eigenvalue weighted by atomic mass is 19.4. The third-order valence-electron chi connectivity index (χ3n) is 4.26. The Kier molecular flexibility index (Phi) is 3.45. The molecule has 112 valence electrons. The van der Waals surface area contributed by atoms with Gasteiger partial charge in [-0.3, -0.25) is 4.90 Å². The van der Waals surface area contributed by atoms with E-state index in [0.717, 1.165) is 45.4 Å². The number of alkyl halides is 3. The van der Waals surface area contributed by atoms with Gasteiger partial charge in [0, 0.05) is 6.54 Å². The van der Waals surface area contributed by atoms with Crippen LogP contribution in [0.4, 0.5) is 13.2 Å². The Labute approximate surface area is 114 Å². The van der Waals surface area contributed by atoms with Crippen molar-refractivity contribution in [3.63, 3.8) is 0 Å². The van der Waals surface area contributed by atoms with Gasteiger partial charge in [-0.2, -0.15) is 18.2 Å². The molecule has 1 N–H and O–H groups in total. The molecule has 20 heavy (non-hydrogen) atoms. The van der Waals surface area contributed by atoms with Crippen molar-refractivity contribution in [1.82, 2.24) is 20.4 Å². The zero-order valence-corrected chi connectivity index (χ0v) is 11.0. The van der Waals surface area contributed by atoms with E-state index in [1.54, 1.807) is 0 Å². The molecule has 0 atom stereocenters. The Morgan fingerprint density at radius 3 is 2.65 bits per heavy atom. The molecule has 2 saturated heterocycles. The minimum absolute atomic E-state index is 0.0447. The molecule has 1 aromatic heterocycles. The third kappa shape index (κ3) is 2.80. The average Bonchev–Trinajstić information content (AvgIpc) is 2.99. The molecule has 1 spiro atoms. The van der Waals surface area contributed by atoms with Crippen molar-refractivity contribution in [2.24, 2.45) is 5.41 Å². The van der Waals surface area contributed by atoms with Crippen LogP contribution in [-0.4, -0.2) is 41.2 Å². The summed E-state index contributed by atoms with van der Waals surface area (Å²) in [4.78, 5) is 5.53. The van der Waals surface area contributed by atoms with Crippen molar-refractivity contribution in [3.05, 3.63) is 11.7 Å². The molecule has 2 aliphatic heterocycles. The van der Waals surface area contributed by atoms with E-state index < -0.39 is 12.0 Å². The summed E-state index contributed by atoms with van der Waals surface area (Å²) < 4.78 is 41.9. The summed E-state index contributed by atoms with van der Waals surface area (Å²) in [5.41, 5.74) is 0.318. The second kappa shape index (κ2) is 5.00. The predicted molar refractivity (Wildman–Crippen MR) is 63.7 cm³/mol. The highest BCUT2D eigenvalue weighted by molar-refractivity contribution is 4.96. The first-order valence-corrected chi connectivity index (χ1v) is 6.80. The smallest absolute Gasteiger partial charge is 0.338 e. The molecule has 0 amide bonds. The highest BCUT2D eigenvalue weighted by Crippen LogP contribution is 2.39. The summed E-state index contributed by atoms with van der Waals surface area (Å²) >= 11 is 0. The van der Waals surface area contributed by atoms with Crippen molar-refractivity contribution >= 4 is 0 Å². The van der Waals surface area contributed by atoms with Crippen LogP contribution >= 0.6 is 0 Å². The molecule has 1 aromatic rings. The molecule has 0 saturated carbocycles. The fourth-order valence-corrected chi connectivity index (χ4v) is 3.15. The first-order chi connectivity index (χ1) is 9.47. The summed E-state index contributed by atoms with van der Waals surface area (Å²) in [7, 11) is 0. The maximum atomic E-state index is 12.4. The maximum Gasteiger partial charge on any atom is 0.455 e. The van der Waals surface area contributed by atoms with E-state index in [9.17, 15) is 13.2 Å². The average molecular weight is 290 g/mol. The van der Waals surface area contributed by atoms with E-state index >= 15 is 0 Å². The molecule has 0 unspecified atom stereocenters. The van der Waals surface area contributed by atoms with Crippen LogP contribution < -0.4 is 5.32 Å². The lowest BCUT2D eigenvalue weighted by atomic mass is 9.78. The molecule has 3 rings (SSSR count). The van der Waals surface area contributed by atoms with Crippen molar-refractivity contribution in [3.8, 4) is 0 Å². The SMILES string of the molecule is FC(F)(F)c1noc(CN2CCC3(CCNCC3)C2)n1. The van der Waals surface area contributed by atoms with E-state index in [0.29, 0.717) is 12.0 Å². The summed E-state index contributed by atoms with van der Waals surface area (Å²) in [6, 6.07) is 0. The number of nitrogens with one attached hydrogen (secondary N) is 1. The van der Waals surface area contributed by atoms with Crippen molar-refractivity contribution in [1.29, 1.82) is 0 Å². The molecular formula is C12H17F3N4O. The van der Waals surface area contributed by atoms with Crippen molar-refractivity contribution < 1.29 is 17.7 Å². The predicted octanol–water partition coefficient (Wildman–Crippen LogP) is 1.66. The van der Waals surface area contributed by atoms with Gasteiger partial charge in [0.25, 0.3) is 5.82 Å². The van der Waals surface area contributed by atoms with E-state index in [4.69, 9.17) is 4.52 Å².